The molecule has 2 aromatic heterocycles. The molecule has 76 valence electrons. The summed E-state index contributed by atoms with van der Waals surface area (Å²) in [5.74, 6) is -0.689. The van der Waals surface area contributed by atoms with Crippen LogP contribution in [0, 0.1) is 6.92 Å². The van der Waals surface area contributed by atoms with E-state index in [1.165, 1.54) is 17.1 Å². The first-order valence-electron chi connectivity index (χ1n) is 4.25. The normalized spacial score (nSPS) is 10.2. The van der Waals surface area contributed by atoms with Gasteiger partial charge in [0, 0.05) is 18.6 Å². The van der Waals surface area contributed by atoms with Gasteiger partial charge in [-0.15, -0.1) is 0 Å². The average molecular weight is 204 g/mol. The number of hydrogen-bond acceptors (Lipinski definition) is 4. The Morgan fingerprint density at radius 3 is 2.53 bits per heavy atom. The lowest BCUT2D eigenvalue weighted by Crippen LogP contribution is -2.05. The molecule has 0 spiro atoms. The van der Waals surface area contributed by atoms with E-state index in [1.807, 2.05) is 13.0 Å². The highest BCUT2D eigenvalue weighted by Crippen LogP contribution is 2.02. The van der Waals surface area contributed by atoms with Crippen molar-refractivity contribution in [3.8, 4) is 5.95 Å². The Morgan fingerprint density at radius 2 is 2.07 bits per heavy atom. The van der Waals surface area contributed by atoms with Crippen LogP contribution >= 0.6 is 0 Å². The van der Waals surface area contributed by atoms with E-state index >= 15 is 0 Å². The second-order valence-electron chi connectivity index (χ2n) is 2.98. The van der Waals surface area contributed by atoms with Crippen molar-refractivity contribution in [1.29, 1.82) is 0 Å². The van der Waals surface area contributed by atoms with Crippen molar-refractivity contribution in [2.45, 2.75) is 6.92 Å². The highest BCUT2D eigenvalue weighted by molar-refractivity contribution is 5.86. The van der Waals surface area contributed by atoms with Crippen LogP contribution in [0.15, 0.2) is 24.7 Å². The van der Waals surface area contributed by atoms with E-state index in [0.717, 1.165) is 5.69 Å². The molecule has 2 heterocycles. The Labute approximate surface area is 85.2 Å². The summed E-state index contributed by atoms with van der Waals surface area (Å²) in [6.07, 6.45) is 4.22. The van der Waals surface area contributed by atoms with Gasteiger partial charge in [0.25, 0.3) is 0 Å². The summed E-state index contributed by atoms with van der Waals surface area (Å²) < 4.78 is 1.49. The van der Waals surface area contributed by atoms with E-state index in [1.54, 1.807) is 6.20 Å². The molecule has 0 unspecified atom stereocenters. The van der Waals surface area contributed by atoms with E-state index < -0.39 is 5.97 Å². The van der Waals surface area contributed by atoms with Gasteiger partial charge >= 0.3 is 5.97 Å². The molecule has 6 heteroatoms. The number of rotatable bonds is 2. The highest BCUT2D eigenvalue weighted by Gasteiger charge is 2.05. The van der Waals surface area contributed by atoms with Crippen molar-refractivity contribution < 1.29 is 9.90 Å². The zero-order valence-electron chi connectivity index (χ0n) is 7.95. The third-order valence-electron chi connectivity index (χ3n) is 1.81. The van der Waals surface area contributed by atoms with E-state index in [4.69, 9.17) is 5.11 Å². The minimum Gasteiger partial charge on any atom is -0.478 e. The molecule has 0 atom stereocenters. The monoisotopic (exact) mass is 204 g/mol. The molecule has 0 fully saturated rings. The fourth-order valence-electron chi connectivity index (χ4n) is 1.08. The number of carboxylic acid groups (broad SMARTS) is 1. The number of carboxylic acids is 1. The number of aryl methyl sites for hydroxylation is 1. The topological polar surface area (TPSA) is 80.9 Å². The summed E-state index contributed by atoms with van der Waals surface area (Å²) in [6, 6.07) is 1.81. The summed E-state index contributed by atoms with van der Waals surface area (Å²) in [5, 5.41) is 12.7. The Bertz CT molecular complexity index is 489. The van der Waals surface area contributed by atoms with Crippen molar-refractivity contribution in [2.75, 3.05) is 0 Å². The quantitative estimate of drug-likeness (QED) is 0.777. The van der Waals surface area contributed by atoms with Crippen LogP contribution in [0.2, 0.25) is 0 Å². The van der Waals surface area contributed by atoms with Crippen molar-refractivity contribution in [2.24, 2.45) is 0 Å². The second-order valence-corrected chi connectivity index (χ2v) is 2.98. The van der Waals surface area contributed by atoms with E-state index in [9.17, 15) is 4.79 Å². The molecule has 0 amide bonds. The Morgan fingerprint density at radius 1 is 1.40 bits per heavy atom. The van der Waals surface area contributed by atoms with Crippen LogP contribution in [0.3, 0.4) is 0 Å². The Hall–Kier alpha value is -2.24. The van der Waals surface area contributed by atoms with Crippen LogP contribution in [0.4, 0.5) is 0 Å². The number of aromatic carboxylic acids is 1. The fourth-order valence-corrected chi connectivity index (χ4v) is 1.08. The fraction of sp³-hybridized carbons (Fsp3) is 0.111. The minimum absolute atomic E-state index is 0.0580. The third-order valence-corrected chi connectivity index (χ3v) is 1.81. The standard InChI is InChI=1S/C9H8N4O2/c1-6-2-3-13(12-6)9-10-4-7(5-11-9)8(14)15/h2-5H,1H3,(H,14,15). The van der Waals surface area contributed by atoms with Crippen molar-refractivity contribution in [1.82, 2.24) is 19.7 Å². The highest BCUT2D eigenvalue weighted by atomic mass is 16.4. The number of nitrogens with zero attached hydrogens (tertiary/aromatic N) is 4. The summed E-state index contributed by atoms with van der Waals surface area (Å²) >= 11 is 0. The molecule has 0 radical (unpaired) electrons. The van der Waals surface area contributed by atoms with E-state index in [2.05, 4.69) is 15.1 Å². The van der Waals surface area contributed by atoms with E-state index in [0.29, 0.717) is 5.95 Å². The molecule has 0 aliphatic carbocycles. The Balaban J connectivity index is 2.35. The van der Waals surface area contributed by atoms with Gasteiger partial charge in [-0.1, -0.05) is 0 Å². The molecule has 2 aromatic rings. The van der Waals surface area contributed by atoms with Gasteiger partial charge in [0.05, 0.1) is 11.3 Å². The lowest BCUT2D eigenvalue weighted by Gasteiger charge is -1.98. The van der Waals surface area contributed by atoms with Crippen LogP contribution in [0.25, 0.3) is 5.95 Å². The first kappa shape index (κ1) is 9.32. The molecular weight excluding hydrogens is 196 g/mol. The molecular formula is C9H8N4O2. The van der Waals surface area contributed by atoms with Gasteiger partial charge in [0.1, 0.15) is 0 Å². The van der Waals surface area contributed by atoms with Crippen LogP contribution in [0.1, 0.15) is 16.1 Å². The molecule has 0 aliphatic heterocycles. The third kappa shape index (κ3) is 1.83. The molecule has 0 aliphatic rings. The second kappa shape index (κ2) is 3.49. The number of hydrogen-bond donors (Lipinski definition) is 1. The zero-order chi connectivity index (χ0) is 10.8. The van der Waals surface area contributed by atoms with Crippen molar-refractivity contribution in [3.05, 3.63) is 35.9 Å². The number of carbonyl (C=O) groups is 1. The van der Waals surface area contributed by atoms with Gasteiger partial charge < -0.3 is 5.11 Å². The summed E-state index contributed by atoms with van der Waals surface area (Å²) in [5.41, 5.74) is 0.906. The largest absolute Gasteiger partial charge is 0.478 e. The molecule has 0 saturated carbocycles. The van der Waals surface area contributed by atoms with Gasteiger partial charge in [0.2, 0.25) is 5.95 Å². The number of aromatic nitrogens is 4. The predicted molar refractivity (Wildman–Crippen MR) is 50.9 cm³/mol. The van der Waals surface area contributed by atoms with Gasteiger partial charge in [-0.25, -0.2) is 19.4 Å². The van der Waals surface area contributed by atoms with E-state index in [-0.39, 0.29) is 5.56 Å². The zero-order valence-corrected chi connectivity index (χ0v) is 7.95. The maximum absolute atomic E-state index is 10.6. The molecule has 15 heavy (non-hydrogen) atoms. The van der Waals surface area contributed by atoms with Crippen LogP contribution < -0.4 is 0 Å². The molecule has 1 N–H and O–H groups in total. The van der Waals surface area contributed by atoms with Gasteiger partial charge in [0.15, 0.2) is 0 Å². The van der Waals surface area contributed by atoms with Crippen LogP contribution in [-0.4, -0.2) is 30.8 Å². The van der Waals surface area contributed by atoms with Gasteiger partial charge in [-0.3, -0.25) is 0 Å². The van der Waals surface area contributed by atoms with Crippen LogP contribution in [-0.2, 0) is 0 Å². The lowest BCUT2D eigenvalue weighted by atomic mass is 10.4. The first-order valence-corrected chi connectivity index (χ1v) is 4.25. The summed E-state index contributed by atoms with van der Waals surface area (Å²) in [4.78, 5) is 18.3. The molecule has 0 bridgehead atoms. The van der Waals surface area contributed by atoms with Gasteiger partial charge in [-0.2, -0.15) is 5.10 Å². The molecule has 2 rings (SSSR count). The van der Waals surface area contributed by atoms with Crippen molar-refractivity contribution >= 4 is 5.97 Å². The lowest BCUT2D eigenvalue weighted by molar-refractivity contribution is 0.0696. The van der Waals surface area contributed by atoms with Gasteiger partial charge in [-0.05, 0) is 13.0 Å². The predicted octanol–water partition coefficient (Wildman–Crippen LogP) is 0.669. The summed E-state index contributed by atoms with van der Waals surface area (Å²) in [7, 11) is 0. The SMILES string of the molecule is Cc1ccn(-c2ncc(C(=O)O)cn2)n1. The maximum atomic E-state index is 10.6. The molecule has 0 saturated heterocycles. The maximum Gasteiger partial charge on any atom is 0.338 e. The van der Waals surface area contributed by atoms with Crippen LogP contribution in [0.5, 0.6) is 0 Å². The first-order chi connectivity index (χ1) is 7.16. The summed E-state index contributed by atoms with van der Waals surface area (Å²) in [6.45, 7) is 1.85. The molecule has 6 nitrogen and oxygen atoms in total. The minimum atomic E-state index is -1.04. The smallest absolute Gasteiger partial charge is 0.338 e. The average Bonchev–Trinajstić information content (AvgIpc) is 2.65. The molecule has 0 aromatic carbocycles. The Kier molecular flexibility index (Phi) is 2.17. The van der Waals surface area contributed by atoms with Crippen molar-refractivity contribution in [3.63, 3.8) is 0 Å².